The van der Waals surface area contributed by atoms with Gasteiger partial charge in [-0.2, -0.15) is 0 Å². The maximum absolute atomic E-state index is 12.9. The minimum absolute atomic E-state index is 0.0451. The first kappa shape index (κ1) is 19.4. The van der Waals surface area contributed by atoms with Crippen LogP contribution >= 0.6 is 0 Å². The van der Waals surface area contributed by atoms with Gasteiger partial charge in [0.05, 0.1) is 4.90 Å². The van der Waals surface area contributed by atoms with E-state index in [-0.39, 0.29) is 23.6 Å². The molecule has 0 aliphatic carbocycles. The Kier molecular flexibility index (Phi) is 6.21. The number of benzene rings is 1. The molecule has 1 unspecified atom stereocenters. The van der Waals surface area contributed by atoms with Crippen molar-refractivity contribution < 1.29 is 18.0 Å². The molecule has 2 rings (SSSR count). The minimum atomic E-state index is -4.03. The van der Waals surface area contributed by atoms with Crippen molar-refractivity contribution in [1.29, 1.82) is 0 Å². The lowest BCUT2D eigenvalue weighted by Crippen LogP contribution is -2.49. The average molecular weight is 366 g/mol. The topological polar surface area (TPSA) is 74.8 Å². The van der Waals surface area contributed by atoms with Crippen LogP contribution in [0.4, 0.5) is 0 Å². The second-order valence-electron chi connectivity index (χ2n) is 6.39. The molecule has 0 N–H and O–H groups in total. The summed E-state index contributed by atoms with van der Waals surface area (Å²) in [6.07, 6.45) is 1.90. The molecular formula is C18H26N2O4S. The van der Waals surface area contributed by atoms with Crippen molar-refractivity contribution >= 4 is 21.8 Å². The number of amides is 2. The predicted octanol–water partition coefficient (Wildman–Crippen LogP) is 2.32. The molecule has 2 amide bonds. The van der Waals surface area contributed by atoms with E-state index in [1.165, 1.54) is 12.1 Å². The van der Waals surface area contributed by atoms with Gasteiger partial charge in [-0.3, -0.25) is 9.59 Å². The second-order valence-corrected chi connectivity index (χ2v) is 8.20. The van der Waals surface area contributed by atoms with Crippen molar-refractivity contribution in [3.05, 3.63) is 29.8 Å². The summed E-state index contributed by atoms with van der Waals surface area (Å²) in [6.45, 7) is 6.93. The molecule has 1 heterocycles. The summed E-state index contributed by atoms with van der Waals surface area (Å²) >= 11 is 0. The van der Waals surface area contributed by atoms with Gasteiger partial charge in [-0.25, -0.2) is 12.7 Å². The Labute approximate surface area is 149 Å². The van der Waals surface area contributed by atoms with Gasteiger partial charge >= 0.3 is 0 Å². The number of hydrogen-bond acceptors (Lipinski definition) is 4. The molecule has 7 heteroatoms. The van der Waals surface area contributed by atoms with E-state index in [0.717, 1.165) is 22.7 Å². The molecule has 0 spiro atoms. The third kappa shape index (κ3) is 4.03. The summed E-state index contributed by atoms with van der Waals surface area (Å²) in [5.74, 6) is -0.780. The maximum atomic E-state index is 12.9. The van der Waals surface area contributed by atoms with Crippen molar-refractivity contribution in [1.82, 2.24) is 9.21 Å². The van der Waals surface area contributed by atoms with Gasteiger partial charge < -0.3 is 4.90 Å². The smallest absolute Gasteiger partial charge is 0.267 e. The van der Waals surface area contributed by atoms with E-state index in [0.29, 0.717) is 13.1 Å². The Bertz CT molecular complexity index is 722. The highest BCUT2D eigenvalue weighted by atomic mass is 32.2. The van der Waals surface area contributed by atoms with Crippen LogP contribution in [-0.2, 0) is 19.6 Å². The fourth-order valence-electron chi connectivity index (χ4n) is 3.09. The number of sulfonamides is 1. The Hall–Kier alpha value is -1.89. The zero-order chi connectivity index (χ0) is 18.6. The molecule has 138 valence electrons. The lowest BCUT2D eigenvalue weighted by molar-refractivity contribution is -0.137. The van der Waals surface area contributed by atoms with Gasteiger partial charge in [-0.1, -0.05) is 31.5 Å². The van der Waals surface area contributed by atoms with Gasteiger partial charge in [-0.15, -0.1) is 0 Å². The molecule has 25 heavy (non-hydrogen) atoms. The highest BCUT2D eigenvalue weighted by molar-refractivity contribution is 7.89. The monoisotopic (exact) mass is 366 g/mol. The zero-order valence-corrected chi connectivity index (χ0v) is 15.9. The molecular weight excluding hydrogens is 340 g/mol. The first-order valence-corrected chi connectivity index (χ1v) is 10.2. The van der Waals surface area contributed by atoms with Crippen molar-refractivity contribution in [2.75, 3.05) is 13.1 Å². The Morgan fingerprint density at radius 3 is 2.24 bits per heavy atom. The van der Waals surface area contributed by atoms with Crippen LogP contribution in [0.5, 0.6) is 0 Å². The molecule has 0 saturated carbocycles. The van der Waals surface area contributed by atoms with Crippen LogP contribution in [0.1, 0.15) is 45.1 Å². The van der Waals surface area contributed by atoms with Crippen LogP contribution in [0.2, 0.25) is 0 Å². The van der Waals surface area contributed by atoms with E-state index in [9.17, 15) is 18.0 Å². The number of aryl methyl sites for hydroxylation is 1. The van der Waals surface area contributed by atoms with Gasteiger partial charge in [0.25, 0.3) is 10.0 Å². The van der Waals surface area contributed by atoms with Gasteiger partial charge in [0.2, 0.25) is 11.8 Å². The van der Waals surface area contributed by atoms with Gasteiger partial charge in [0.15, 0.2) is 0 Å². The largest absolute Gasteiger partial charge is 0.341 e. The van der Waals surface area contributed by atoms with E-state index in [1.807, 2.05) is 20.8 Å². The average Bonchev–Trinajstić information content (AvgIpc) is 2.97. The molecule has 1 aromatic carbocycles. The van der Waals surface area contributed by atoms with Crippen molar-refractivity contribution in [3.63, 3.8) is 0 Å². The highest BCUT2D eigenvalue weighted by Crippen LogP contribution is 2.28. The van der Waals surface area contributed by atoms with Crippen molar-refractivity contribution in [2.24, 2.45) is 0 Å². The van der Waals surface area contributed by atoms with Crippen LogP contribution < -0.4 is 0 Å². The molecule has 1 fully saturated rings. The van der Waals surface area contributed by atoms with Crippen LogP contribution in [0, 0.1) is 6.92 Å². The third-order valence-corrected chi connectivity index (χ3v) is 6.17. The molecule has 1 aromatic rings. The Morgan fingerprint density at radius 1 is 1.16 bits per heavy atom. The Balaban J connectivity index is 2.35. The van der Waals surface area contributed by atoms with Crippen LogP contribution in [-0.4, -0.2) is 48.6 Å². The van der Waals surface area contributed by atoms with E-state index < -0.39 is 22.0 Å². The number of nitrogens with zero attached hydrogens (tertiary/aromatic N) is 2. The number of rotatable bonds is 7. The fraction of sp³-hybridized carbons (Fsp3) is 0.556. The molecule has 1 saturated heterocycles. The summed E-state index contributed by atoms with van der Waals surface area (Å²) in [5, 5.41) is 0. The SMILES string of the molecule is CCCN(CCC)C(=O)C1CCC(=O)N1S(=O)(=O)c1ccc(C)cc1. The second kappa shape index (κ2) is 7.99. The number of hydrogen-bond donors (Lipinski definition) is 0. The van der Waals surface area contributed by atoms with Gasteiger partial charge in [0, 0.05) is 19.5 Å². The van der Waals surface area contributed by atoms with Crippen molar-refractivity contribution in [3.8, 4) is 0 Å². The highest BCUT2D eigenvalue weighted by Gasteiger charge is 2.45. The van der Waals surface area contributed by atoms with E-state index in [1.54, 1.807) is 17.0 Å². The molecule has 0 radical (unpaired) electrons. The van der Waals surface area contributed by atoms with E-state index in [4.69, 9.17) is 0 Å². The summed E-state index contributed by atoms with van der Waals surface area (Å²) in [4.78, 5) is 26.9. The molecule has 1 aliphatic heterocycles. The molecule has 0 aromatic heterocycles. The standard InChI is InChI=1S/C18H26N2O4S/c1-4-12-19(13-5-2)18(22)16-10-11-17(21)20(16)25(23,24)15-8-6-14(3)7-9-15/h6-9,16H,4-5,10-13H2,1-3H3. The van der Waals surface area contributed by atoms with E-state index in [2.05, 4.69) is 0 Å². The molecule has 1 atom stereocenters. The van der Waals surface area contributed by atoms with Crippen molar-refractivity contribution in [2.45, 2.75) is 57.4 Å². The summed E-state index contributed by atoms with van der Waals surface area (Å²) in [6, 6.07) is 5.40. The van der Waals surface area contributed by atoms with Crippen LogP contribution in [0.15, 0.2) is 29.2 Å². The normalized spacial score (nSPS) is 17.8. The minimum Gasteiger partial charge on any atom is -0.341 e. The first-order valence-electron chi connectivity index (χ1n) is 8.75. The molecule has 6 nitrogen and oxygen atoms in total. The lowest BCUT2D eigenvalue weighted by atomic mass is 10.2. The summed E-state index contributed by atoms with van der Waals surface area (Å²) < 4.78 is 26.7. The summed E-state index contributed by atoms with van der Waals surface area (Å²) in [7, 11) is -4.03. The quantitative estimate of drug-likeness (QED) is 0.742. The third-order valence-electron chi connectivity index (χ3n) is 4.32. The first-order chi connectivity index (χ1) is 11.8. The zero-order valence-electron chi connectivity index (χ0n) is 15.1. The van der Waals surface area contributed by atoms with Gasteiger partial charge in [0.1, 0.15) is 6.04 Å². The van der Waals surface area contributed by atoms with E-state index >= 15 is 0 Å². The summed E-state index contributed by atoms with van der Waals surface area (Å²) in [5.41, 5.74) is 0.927. The van der Waals surface area contributed by atoms with Crippen LogP contribution in [0.3, 0.4) is 0 Å². The lowest BCUT2D eigenvalue weighted by Gasteiger charge is -2.29. The van der Waals surface area contributed by atoms with Crippen LogP contribution in [0.25, 0.3) is 0 Å². The number of carbonyl (C=O) groups excluding carboxylic acids is 2. The maximum Gasteiger partial charge on any atom is 0.267 e. The molecule has 1 aliphatic rings. The molecule has 0 bridgehead atoms. The predicted molar refractivity (Wildman–Crippen MR) is 95.4 cm³/mol. The fourth-order valence-corrected chi connectivity index (χ4v) is 4.69. The Morgan fingerprint density at radius 2 is 1.72 bits per heavy atom. The number of carbonyl (C=O) groups is 2. The van der Waals surface area contributed by atoms with Gasteiger partial charge in [-0.05, 0) is 38.3 Å².